The maximum Gasteiger partial charge on any atom is 0.147 e. The summed E-state index contributed by atoms with van der Waals surface area (Å²) in [6.07, 6.45) is 0.867. The predicted octanol–water partition coefficient (Wildman–Crippen LogP) is 2.79. The molecule has 0 radical (unpaired) electrons. The Morgan fingerprint density at radius 2 is 2.05 bits per heavy atom. The summed E-state index contributed by atoms with van der Waals surface area (Å²) in [5.41, 5.74) is 9.03. The van der Waals surface area contributed by atoms with Crippen LogP contribution in [0.3, 0.4) is 0 Å². The molecule has 0 aliphatic heterocycles. The highest BCUT2D eigenvalue weighted by atomic mass is 16.5. The first kappa shape index (κ1) is 15.2. The summed E-state index contributed by atoms with van der Waals surface area (Å²) in [7, 11) is 3.61. The average Bonchev–Trinajstić information content (AvgIpc) is 2.75. The normalized spacial score (nSPS) is 10.9. The van der Waals surface area contributed by atoms with Gasteiger partial charge in [0.25, 0.3) is 0 Å². The van der Waals surface area contributed by atoms with Crippen LogP contribution in [-0.4, -0.2) is 23.4 Å². The average molecular weight is 288 g/mol. The van der Waals surface area contributed by atoms with Crippen LogP contribution < -0.4 is 15.8 Å². The summed E-state index contributed by atoms with van der Waals surface area (Å²) < 4.78 is 7.17. The van der Waals surface area contributed by atoms with Gasteiger partial charge in [-0.15, -0.1) is 0 Å². The largest absolute Gasteiger partial charge is 0.496 e. The molecule has 0 unspecified atom stereocenters. The maximum atomic E-state index is 6.17. The molecule has 0 fully saturated rings. The van der Waals surface area contributed by atoms with Gasteiger partial charge in [-0.05, 0) is 24.0 Å². The first-order chi connectivity index (χ1) is 10.0. The van der Waals surface area contributed by atoms with Crippen molar-refractivity contribution in [3.05, 3.63) is 35.5 Å². The van der Waals surface area contributed by atoms with E-state index in [2.05, 4.69) is 30.3 Å². The van der Waals surface area contributed by atoms with Gasteiger partial charge in [-0.25, -0.2) is 0 Å². The second kappa shape index (κ2) is 6.52. The zero-order valence-electron chi connectivity index (χ0n) is 13.2. The van der Waals surface area contributed by atoms with E-state index in [-0.39, 0.29) is 0 Å². The smallest absolute Gasteiger partial charge is 0.147 e. The van der Waals surface area contributed by atoms with Crippen molar-refractivity contribution in [1.29, 1.82) is 0 Å². The monoisotopic (exact) mass is 288 g/mol. The highest BCUT2D eigenvalue weighted by Gasteiger charge is 2.15. The molecule has 0 bridgehead atoms. The molecule has 0 aliphatic carbocycles. The highest BCUT2D eigenvalue weighted by Crippen LogP contribution is 2.27. The van der Waals surface area contributed by atoms with Crippen LogP contribution in [0, 0.1) is 0 Å². The summed E-state index contributed by atoms with van der Waals surface area (Å²) in [6, 6.07) is 8.05. The third kappa shape index (κ3) is 3.29. The van der Waals surface area contributed by atoms with Gasteiger partial charge in [0.15, 0.2) is 0 Å². The summed E-state index contributed by atoms with van der Waals surface area (Å²) in [5, 5.41) is 7.85. The van der Waals surface area contributed by atoms with Gasteiger partial charge < -0.3 is 15.8 Å². The topological polar surface area (TPSA) is 65.1 Å². The van der Waals surface area contributed by atoms with Crippen LogP contribution in [-0.2, 0) is 13.5 Å². The van der Waals surface area contributed by atoms with Crippen molar-refractivity contribution in [1.82, 2.24) is 9.78 Å². The summed E-state index contributed by atoms with van der Waals surface area (Å²) in [6.45, 7) is 4.97. The SMILES string of the molecule is COc1ccccc1CCNc1c(N)c(C(C)C)nn1C. The van der Waals surface area contributed by atoms with E-state index in [1.165, 1.54) is 5.56 Å². The summed E-state index contributed by atoms with van der Waals surface area (Å²) in [5.74, 6) is 2.12. The minimum absolute atomic E-state index is 0.320. The van der Waals surface area contributed by atoms with Crippen LogP contribution in [0.4, 0.5) is 11.5 Å². The molecular formula is C16H24N4O. The number of aromatic nitrogens is 2. The van der Waals surface area contributed by atoms with E-state index in [0.29, 0.717) is 5.92 Å². The Morgan fingerprint density at radius 3 is 2.67 bits per heavy atom. The number of nitrogen functional groups attached to an aromatic ring is 1. The lowest BCUT2D eigenvalue weighted by atomic mass is 10.1. The highest BCUT2D eigenvalue weighted by molar-refractivity contribution is 5.65. The number of hydrogen-bond acceptors (Lipinski definition) is 4. The number of ether oxygens (including phenoxy) is 1. The number of aryl methyl sites for hydroxylation is 1. The van der Waals surface area contributed by atoms with Gasteiger partial charge in [-0.3, -0.25) is 4.68 Å². The molecule has 21 heavy (non-hydrogen) atoms. The zero-order valence-corrected chi connectivity index (χ0v) is 13.2. The van der Waals surface area contributed by atoms with Gasteiger partial charge >= 0.3 is 0 Å². The molecule has 0 spiro atoms. The molecule has 5 heteroatoms. The Hall–Kier alpha value is -2.17. The first-order valence-corrected chi connectivity index (χ1v) is 7.22. The Balaban J connectivity index is 2.04. The maximum absolute atomic E-state index is 6.17. The lowest BCUT2D eigenvalue weighted by Crippen LogP contribution is -2.10. The van der Waals surface area contributed by atoms with Gasteiger partial charge in [-0.2, -0.15) is 5.10 Å². The van der Waals surface area contributed by atoms with Gasteiger partial charge in [0, 0.05) is 13.6 Å². The molecule has 2 aromatic rings. The van der Waals surface area contributed by atoms with Gasteiger partial charge in [0.05, 0.1) is 18.5 Å². The molecule has 0 aliphatic rings. The third-order valence-electron chi connectivity index (χ3n) is 3.54. The van der Waals surface area contributed by atoms with Crippen LogP contribution in [0.5, 0.6) is 5.75 Å². The third-order valence-corrected chi connectivity index (χ3v) is 3.54. The lowest BCUT2D eigenvalue weighted by molar-refractivity contribution is 0.410. The lowest BCUT2D eigenvalue weighted by Gasteiger charge is -2.10. The number of anilines is 2. The Kier molecular flexibility index (Phi) is 4.73. The predicted molar refractivity (Wildman–Crippen MR) is 86.9 cm³/mol. The van der Waals surface area contributed by atoms with Gasteiger partial charge in [-0.1, -0.05) is 32.0 Å². The molecule has 0 saturated carbocycles. The van der Waals surface area contributed by atoms with E-state index in [9.17, 15) is 0 Å². The number of rotatable bonds is 6. The number of para-hydroxylation sites is 1. The fourth-order valence-electron chi connectivity index (χ4n) is 2.42. The Morgan fingerprint density at radius 1 is 1.33 bits per heavy atom. The summed E-state index contributed by atoms with van der Waals surface area (Å²) in [4.78, 5) is 0. The molecular weight excluding hydrogens is 264 g/mol. The quantitative estimate of drug-likeness (QED) is 0.858. The van der Waals surface area contributed by atoms with Crippen molar-refractivity contribution in [3.63, 3.8) is 0 Å². The molecule has 0 amide bonds. The number of nitrogens with two attached hydrogens (primary N) is 1. The van der Waals surface area contributed by atoms with Crippen LogP contribution in [0.15, 0.2) is 24.3 Å². The number of methoxy groups -OCH3 is 1. The van der Waals surface area contributed by atoms with E-state index < -0.39 is 0 Å². The zero-order chi connectivity index (χ0) is 15.4. The number of nitrogens with zero attached hydrogens (tertiary/aromatic N) is 2. The molecule has 1 heterocycles. The van der Waals surface area contributed by atoms with Crippen LogP contribution >= 0.6 is 0 Å². The van der Waals surface area contributed by atoms with Gasteiger partial charge in [0.2, 0.25) is 0 Å². The van der Waals surface area contributed by atoms with Crippen molar-refractivity contribution >= 4 is 11.5 Å². The second-order valence-electron chi connectivity index (χ2n) is 5.41. The number of nitrogens with one attached hydrogen (secondary N) is 1. The number of benzene rings is 1. The molecule has 5 nitrogen and oxygen atoms in total. The van der Waals surface area contributed by atoms with E-state index in [0.717, 1.165) is 35.9 Å². The standard InChI is InChI=1S/C16H24N4O/c1-11(2)15-14(17)16(20(3)19-15)18-10-9-12-7-5-6-8-13(12)21-4/h5-8,11,18H,9-10,17H2,1-4H3. The molecule has 114 valence electrons. The number of hydrogen-bond donors (Lipinski definition) is 2. The van der Waals surface area contributed by atoms with Crippen LogP contribution in [0.1, 0.15) is 31.0 Å². The fraction of sp³-hybridized carbons (Fsp3) is 0.438. The minimum atomic E-state index is 0.320. The van der Waals surface area contributed by atoms with E-state index >= 15 is 0 Å². The Labute approximate surface area is 126 Å². The van der Waals surface area contributed by atoms with Crippen molar-refractivity contribution in [2.75, 3.05) is 24.7 Å². The van der Waals surface area contributed by atoms with Gasteiger partial charge in [0.1, 0.15) is 11.6 Å². The van der Waals surface area contributed by atoms with Crippen molar-refractivity contribution in [2.45, 2.75) is 26.2 Å². The molecule has 1 aromatic heterocycles. The van der Waals surface area contributed by atoms with Crippen molar-refractivity contribution < 1.29 is 4.74 Å². The van der Waals surface area contributed by atoms with E-state index in [1.807, 2.05) is 29.9 Å². The second-order valence-corrected chi connectivity index (χ2v) is 5.41. The van der Waals surface area contributed by atoms with E-state index in [1.54, 1.807) is 7.11 Å². The molecule has 3 N–H and O–H groups in total. The Bertz CT molecular complexity index is 604. The first-order valence-electron chi connectivity index (χ1n) is 7.22. The summed E-state index contributed by atoms with van der Waals surface area (Å²) >= 11 is 0. The van der Waals surface area contributed by atoms with Crippen LogP contribution in [0.25, 0.3) is 0 Å². The molecule has 0 saturated heterocycles. The van der Waals surface area contributed by atoms with Crippen LogP contribution in [0.2, 0.25) is 0 Å². The molecule has 0 atom stereocenters. The molecule has 2 rings (SSSR count). The minimum Gasteiger partial charge on any atom is -0.496 e. The van der Waals surface area contributed by atoms with Crippen molar-refractivity contribution in [2.24, 2.45) is 7.05 Å². The van der Waals surface area contributed by atoms with E-state index in [4.69, 9.17) is 10.5 Å². The van der Waals surface area contributed by atoms with Crippen molar-refractivity contribution in [3.8, 4) is 5.75 Å². The fourth-order valence-corrected chi connectivity index (χ4v) is 2.42. The molecule has 1 aromatic carbocycles.